The molecule has 1 aliphatic rings. The Kier molecular flexibility index (Phi) is 14.1. The largest absolute Gasteiger partial charge is 0.456 e. The summed E-state index contributed by atoms with van der Waals surface area (Å²) in [5.41, 5.74) is 0.390. The molecule has 0 N–H and O–H groups in total. The third-order valence-electron chi connectivity index (χ3n) is 12.0. The lowest BCUT2D eigenvalue weighted by atomic mass is 9.79. The maximum absolute atomic E-state index is 15.5. The first-order valence-corrected chi connectivity index (χ1v) is 26.1. The summed E-state index contributed by atoms with van der Waals surface area (Å²) in [5.74, 6) is -2.79. The first kappa shape index (κ1) is 47.5. The van der Waals surface area contributed by atoms with E-state index >= 15 is 9.59 Å². The van der Waals surface area contributed by atoms with Crippen LogP contribution in [0.2, 0.25) is 18.1 Å². The molecule has 5 aromatic rings. The molecular formula is C51H57N2O9PSi. The number of hydrogen-bond acceptors (Lipinski definition) is 9. The molecule has 1 aliphatic heterocycles. The van der Waals surface area contributed by atoms with E-state index in [-0.39, 0.29) is 46.4 Å². The number of carbonyl (C=O) groups is 4. The number of nitro benzene ring substituents is 1. The van der Waals surface area contributed by atoms with Gasteiger partial charge in [0, 0.05) is 31.0 Å². The highest BCUT2D eigenvalue weighted by atomic mass is 31.2. The number of non-ortho nitro benzene ring substituents is 1. The lowest BCUT2D eigenvalue weighted by molar-refractivity contribution is -0.384. The third kappa shape index (κ3) is 10.0. The van der Waals surface area contributed by atoms with Crippen LogP contribution in [0.3, 0.4) is 0 Å². The van der Waals surface area contributed by atoms with E-state index in [2.05, 4.69) is 33.9 Å². The van der Waals surface area contributed by atoms with Gasteiger partial charge in [-0.05, 0) is 91.6 Å². The second-order valence-corrected chi connectivity index (χ2v) is 26.7. The van der Waals surface area contributed by atoms with Gasteiger partial charge in [0.2, 0.25) is 5.91 Å². The summed E-state index contributed by atoms with van der Waals surface area (Å²) >= 11 is 0. The Hall–Kier alpha value is -5.94. The number of ether oxygens (including phenoxy) is 2. The number of hydrogen-bond donors (Lipinski definition) is 0. The van der Waals surface area contributed by atoms with Crippen molar-refractivity contribution in [3.63, 3.8) is 0 Å². The molecule has 3 atom stereocenters. The van der Waals surface area contributed by atoms with Crippen molar-refractivity contribution >= 4 is 65.9 Å². The van der Waals surface area contributed by atoms with Crippen molar-refractivity contribution < 1.29 is 38.0 Å². The topological polar surface area (TPSA) is 142 Å². The summed E-state index contributed by atoms with van der Waals surface area (Å²) in [5, 5.41) is 13.6. The van der Waals surface area contributed by atoms with Gasteiger partial charge in [-0.1, -0.05) is 124 Å². The molecular weight excluding hydrogens is 844 g/mol. The van der Waals surface area contributed by atoms with Crippen LogP contribution < -0.4 is 15.9 Å². The molecule has 1 heterocycles. The van der Waals surface area contributed by atoms with Crippen LogP contribution in [0.4, 0.5) is 5.69 Å². The van der Waals surface area contributed by atoms with Crippen molar-refractivity contribution in [1.82, 2.24) is 4.90 Å². The maximum atomic E-state index is 15.5. The van der Waals surface area contributed by atoms with Crippen molar-refractivity contribution in [2.24, 2.45) is 5.92 Å². The third-order valence-corrected chi connectivity index (χ3v) is 20.8. The zero-order valence-electron chi connectivity index (χ0n) is 37.9. The van der Waals surface area contributed by atoms with E-state index < -0.39 is 55.7 Å². The number of amides is 1. The maximum Gasteiger partial charge on any atom is 0.356 e. The second kappa shape index (κ2) is 19.0. The second-order valence-electron chi connectivity index (χ2n) is 18.6. The van der Waals surface area contributed by atoms with Crippen molar-refractivity contribution in [2.45, 2.75) is 97.4 Å². The van der Waals surface area contributed by atoms with Crippen LogP contribution in [0.5, 0.6) is 0 Å². The summed E-state index contributed by atoms with van der Waals surface area (Å²) in [6.07, 6.45) is -0.808. The fourth-order valence-corrected chi connectivity index (χ4v) is 13.6. The average molecular weight is 901 g/mol. The van der Waals surface area contributed by atoms with Gasteiger partial charge in [0.25, 0.3) is 5.69 Å². The van der Waals surface area contributed by atoms with Gasteiger partial charge in [-0.25, -0.2) is 9.59 Å². The Labute approximate surface area is 377 Å². The number of nitrogens with zero attached hydrogens (tertiary/aromatic N) is 2. The fraction of sp³-hybridized carbons (Fsp3) is 0.314. The Morgan fingerprint density at radius 3 is 1.64 bits per heavy atom. The van der Waals surface area contributed by atoms with E-state index in [0.717, 1.165) is 15.9 Å². The molecule has 0 aromatic heterocycles. The number of carbonyl (C=O) groups excluding carboxylic acids is 4. The summed E-state index contributed by atoms with van der Waals surface area (Å²) in [6, 6.07) is 39.9. The molecule has 1 amide bonds. The monoisotopic (exact) mass is 900 g/mol. The molecule has 1 saturated heterocycles. The lowest BCUT2D eigenvalue weighted by Gasteiger charge is -2.53. The summed E-state index contributed by atoms with van der Waals surface area (Å²) in [4.78, 5) is 70.8. The number of rotatable bonds is 15. The lowest BCUT2D eigenvalue weighted by Crippen LogP contribution is -2.69. The Morgan fingerprint density at radius 1 is 0.734 bits per heavy atom. The van der Waals surface area contributed by atoms with Crippen LogP contribution in [0, 0.1) is 16.0 Å². The van der Waals surface area contributed by atoms with Gasteiger partial charge >= 0.3 is 11.9 Å². The van der Waals surface area contributed by atoms with E-state index in [1.54, 1.807) is 45.0 Å². The Balaban J connectivity index is 1.58. The molecule has 334 valence electrons. The number of Topliss-reactive ketones (excluding diaryl/α,β-unsaturated/α-hetero) is 1. The van der Waals surface area contributed by atoms with E-state index in [1.165, 1.54) is 29.2 Å². The summed E-state index contributed by atoms with van der Waals surface area (Å²) in [6.45, 7) is 14.2. The SMILES string of the molecule is C[C@@H](O[Si](C)(C)C(C)(C)C)[C@H]1C(=O)N(C(C(=O)OCc2ccc([N+](=O)[O-])cc2)=P(c2ccccc2)(c2ccccc2)c2ccccc2)[C@@H]1CC(=O)c1ccc(C(=O)OC(C)(C)C)cc1. The molecule has 0 aliphatic carbocycles. The molecule has 0 spiro atoms. The van der Waals surface area contributed by atoms with E-state index in [1.807, 2.05) is 97.9 Å². The molecule has 0 radical (unpaired) electrons. The number of nitro groups is 1. The van der Waals surface area contributed by atoms with E-state index in [9.17, 15) is 19.7 Å². The quantitative estimate of drug-likeness (QED) is 0.0191. The Morgan fingerprint density at radius 2 is 1.20 bits per heavy atom. The molecule has 6 rings (SSSR count). The predicted octanol–water partition coefficient (Wildman–Crippen LogP) is 9.23. The highest BCUT2D eigenvalue weighted by Crippen LogP contribution is 2.51. The zero-order chi connectivity index (χ0) is 46.6. The van der Waals surface area contributed by atoms with Gasteiger partial charge in [0.1, 0.15) is 17.6 Å². The van der Waals surface area contributed by atoms with Gasteiger partial charge in [-0.15, -0.1) is 0 Å². The van der Waals surface area contributed by atoms with Crippen LogP contribution in [0.1, 0.15) is 81.2 Å². The zero-order valence-corrected chi connectivity index (χ0v) is 39.8. The van der Waals surface area contributed by atoms with E-state index in [0.29, 0.717) is 11.1 Å². The molecule has 64 heavy (non-hydrogen) atoms. The van der Waals surface area contributed by atoms with Crippen molar-refractivity contribution in [2.75, 3.05) is 0 Å². The highest BCUT2D eigenvalue weighted by molar-refractivity contribution is 7.96. The molecule has 11 nitrogen and oxygen atoms in total. The van der Waals surface area contributed by atoms with Crippen molar-refractivity contribution in [3.8, 4) is 0 Å². The predicted molar refractivity (Wildman–Crippen MR) is 255 cm³/mol. The number of ketones is 1. The normalized spacial score (nSPS) is 16.0. The first-order chi connectivity index (χ1) is 30.2. The Bertz CT molecular complexity index is 2450. The minimum atomic E-state index is -3.37. The fourth-order valence-electron chi connectivity index (χ4n) is 7.81. The minimum Gasteiger partial charge on any atom is -0.456 e. The smallest absolute Gasteiger partial charge is 0.356 e. The van der Waals surface area contributed by atoms with E-state index in [4.69, 9.17) is 13.9 Å². The number of benzene rings is 5. The van der Waals surface area contributed by atoms with Crippen LogP contribution in [0.25, 0.3) is 0 Å². The number of β-lactam (4-membered cyclic amide) rings is 1. The molecule has 0 unspecified atom stereocenters. The molecule has 0 saturated carbocycles. The first-order valence-electron chi connectivity index (χ1n) is 21.4. The van der Waals surface area contributed by atoms with Gasteiger partial charge in [0.05, 0.1) is 28.6 Å². The minimum absolute atomic E-state index is 0.0943. The molecule has 13 heteroatoms. The number of esters is 2. The molecule has 5 aromatic carbocycles. The number of likely N-dealkylation sites (tertiary alicyclic amines) is 1. The van der Waals surface area contributed by atoms with Gasteiger partial charge in [0.15, 0.2) is 14.1 Å². The van der Waals surface area contributed by atoms with Crippen molar-refractivity contribution in [1.29, 1.82) is 0 Å². The van der Waals surface area contributed by atoms with Crippen LogP contribution >= 0.6 is 6.89 Å². The summed E-state index contributed by atoms with van der Waals surface area (Å²) in [7, 11) is -2.47. The van der Waals surface area contributed by atoms with Crippen LogP contribution in [-0.2, 0) is 30.1 Å². The van der Waals surface area contributed by atoms with Crippen molar-refractivity contribution in [3.05, 3.63) is 166 Å². The van der Waals surface area contributed by atoms with Crippen LogP contribution in [-0.4, -0.2) is 64.9 Å². The van der Waals surface area contributed by atoms with Gasteiger partial charge in [-0.2, -0.15) is 0 Å². The summed E-state index contributed by atoms with van der Waals surface area (Å²) < 4.78 is 18.7. The average Bonchev–Trinajstić information content (AvgIpc) is 3.25. The highest BCUT2D eigenvalue weighted by Gasteiger charge is 2.57. The standard InChI is InChI=1S/C51H57N2O9PSi/c1-35(62-64(8,9)51(5,6)7)45-43(33-44(54)37-27-29-38(30-28-37)48(56)61-50(2,3)4)52(46(45)55)47(49(57)60-34-36-25-31-39(32-26-36)53(58)59)63(40-19-13-10-14-20-40,41-21-15-11-16-22-41)42-23-17-12-18-24-42/h10-32,35,43,45H,33-34H2,1-9H3/t35-,43-,45-/m1/s1. The van der Waals surface area contributed by atoms with Crippen LogP contribution in [0.15, 0.2) is 140 Å². The molecule has 0 bridgehead atoms. The van der Waals surface area contributed by atoms with Gasteiger partial charge < -0.3 is 18.8 Å². The molecule has 1 fully saturated rings. The van der Waals surface area contributed by atoms with Gasteiger partial charge in [-0.3, -0.25) is 19.7 Å².